The SMILES string of the molecule is Cn1cc(-c2cccc(-c3ncc(-c4cnn(C)c4)c(N[C@H]4CC[C@@H](O)[C@H]4O)n3)c2)cn1. The molecule has 0 spiro atoms. The molecule has 3 aromatic heterocycles. The van der Waals surface area contributed by atoms with Crippen LogP contribution in [0.5, 0.6) is 0 Å². The zero-order valence-electron chi connectivity index (χ0n) is 17.9. The number of aryl methyl sites for hydroxylation is 2. The topological polar surface area (TPSA) is 114 Å². The van der Waals surface area contributed by atoms with Gasteiger partial charge in [0.1, 0.15) is 5.82 Å². The second-order valence-corrected chi connectivity index (χ2v) is 8.23. The molecule has 9 heteroatoms. The van der Waals surface area contributed by atoms with Crippen LogP contribution in [0.3, 0.4) is 0 Å². The van der Waals surface area contributed by atoms with Crippen LogP contribution in [0.25, 0.3) is 33.6 Å². The maximum Gasteiger partial charge on any atom is 0.161 e. The number of rotatable bonds is 5. The summed E-state index contributed by atoms with van der Waals surface area (Å²) in [5, 5.41) is 32.2. The van der Waals surface area contributed by atoms with Crippen LogP contribution in [0, 0.1) is 0 Å². The molecule has 0 bridgehead atoms. The first-order chi connectivity index (χ1) is 15.5. The van der Waals surface area contributed by atoms with Gasteiger partial charge >= 0.3 is 0 Å². The van der Waals surface area contributed by atoms with Gasteiger partial charge in [0.15, 0.2) is 5.82 Å². The molecule has 1 aromatic carbocycles. The van der Waals surface area contributed by atoms with E-state index in [0.29, 0.717) is 24.5 Å². The van der Waals surface area contributed by atoms with E-state index in [1.807, 2.05) is 57.0 Å². The summed E-state index contributed by atoms with van der Waals surface area (Å²) in [4.78, 5) is 9.44. The van der Waals surface area contributed by atoms with Crippen molar-refractivity contribution < 1.29 is 10.2 Å². The molecule has 0 aliphatic heterocycles. The number of aliphatic hydroxyl groups is 2. The van der Waals surface area contributed by atoms with E-state index in [0.717, 1.165) is 27.8 Å². The Morgan fingerprint density at radius 1 is 0.906 bits per heavy atom. The van der Waals surface area contributed by atoms with Crippen molar-refractivity contribution in [3.8, 4) is 33.6 Å². The summed E-state index contributed by atoms with van der Waals surface area (Å²) in [6, 6.07) is 7.72. The molecule has 0 amide bonds. The predicted molar refractivity (Wildman–Crippen MR) is 121 cm³/mol. The van der Waals surface area contributed by atoms with E-state index < -0.39 is 12.2 Å². The highest BCUT2D eigenvalue weighted by Gasteiger charge is 2.34. The standard InChI is InChI=1S/C23H25N7O2/c1-29-12-16(9-25-29)14-4-3-5-15(8-14)22-24-11-18(17-10-26-30(2)13-17)23(28-22)27-19-6-7-20(31)21(19)32/h3-5,8-13,19-21,31-32H,6-7H2,1-2H3,(H,24,27,28)/t19-,20+,21-/m0/s1. The van der Waals surface area contributed by atoms with Crippen LogP contribution in [0.15, 0.2) is 55.2 Å². The molecule has 3 heterocycles. The van der Waals surface area contributed by atoms with Gasteiger partial charge in [-0.15, -0.1) is 0 Å². The minimum Gasteiger partial charge on any atom is -0.390 e. The molecule has 164 valence electrons. The summed E-state index contributed by atoms with van der Waals surface area (Å²) in [5.41, 5.74) is 4.58. The third-order valence-corrected chi connectivity index (χ3v) is 5.87. The van der Waals surface area contributed by atoms with Crippen molar-refractivity contribution >= 4 is 5.82 Å². The summed E-state index contributed by atoms with van der Waals surface area (Å²) in [6.07, 6.45) is 8.85. The fourth-order valence-corrected chi connectivity index (χ4v) is 4.10. The number of hydrogen-bond acceptors (Lipinski definition) is 7. The zero-order valence-corrected chi connectivity index (χ0v) is 17.9. The number of nitrogens with one attached hydrogen (secondary N) is 1. The molecule has 0 saturated heterocycles. The first kappa shape index (κ1) is 20.3. The molecule has 0 unspecified atom stereocenters. The summed E-state index contributed by atoms with van der Waals surface area (Å²) in [5.74, 6) is 1.17. The van der Waals surface area contributed by atoms with Gasteiger partial charge < -0.3 is 15.5 Å². The quantitative estimate of drug-likeness (QED) is 0.444. The van der Waals surface area contributed by atoms with Gasteiger partial charge in [-0.05, 0) is 24.5 Å². The van der Waals surface area contributed by atoms with Gasteiger partial charge in [-0.1, -0.05) is 18.2 Å². The molecule has 1 aliphatic carbocycles. The molecule has 0 radical (unpaired) electrons. The van der Waals surface area contributed by atoms with Crippen molar-refractivity contribution in [3.05, 3.63) is 55.2 Å². The van der Waals surface area contributed by atoms with E-state index in [2.05, 4.69) is 20.5 Å². The van der Waals surface area contributed by atoms with E-state index in [4.69, 9.17) is 4.98 Å². The predicted octanol–water partition coefficient (Wildman–Crippen LogP) is 2.24. The molecule has 9 nitrogen and oxygen atoms in total. The van der Waals surface area contributed by atoms with Crippen LogP contribution in [0.1, 0.15) is 12.8 Å². The van der Waals surface area contributed by atoms with E-state index in [-0.39, 0.29) is 6.04 Å². The summed E-state index contributed by atoms with van der Waals surface area (Å²) < 4.78 is 3.49. The highest BCUT2D eigenvalue weighted by Crippen LogP contribution is 2.32. The van der Waals surface area contributed by atoms with Crippen LogP contribution in [-0.4, -0.2) is 58.0 Å². The summed E-state index contributed by atoms with van der Waals surface area (Å²) in [6.45, 7) is 0. The molecule has 32 heavy (non-hydrogen) atoms. The maximum atomic E-state index is 10.4. The first-order valence-electron chi connectivity index (χ1n) is 10.6. The Hall–Kier alpha value is -3.56. The largest absolute Gasteiger partial charge is 0.390 e. The lowest BCUT2D eigenvalue weighted by atomic mass is 10.1. The number of aromatic nitrogens is 6. The first-order valence-corrected chi connectivity index (χ1v) is 10.6. The second-order valence-electron chi connectivity index (χ2n) is 8.23. The van der Waals surface area contributed by atoms with Crippen molar-refractivity contribution in [2.75, 3.05) is 5.32 Å². The molecule has 3 N–H and O–H groups in total. The molecule has 4 aromatic rings. The Morgan fingerprint density at radius 2 is 1.62 bits per heavy atom. The van der Waals surface area contributed by atoms with E-state index in [1.165, 1.54) is 0 Å². The summed E-state index contributed by atoms with van der Waals surface area (Å²) in [7, 11) is 3.74. The lowest BCUT2D eigenvalue weighted by Crippen LogP contribution is -2.34. The third kappa shape index (κ3) is 3.88. The number of aliphatic hydroxyl groups excluding tert-OH is 2. The van der Waals surface area contributed by atoms with E-state index in [9.17, 15) is 10.2 Å². The monoisotopic (exact) mass is 431 g/mol. The second kappa shape index (κ2) is 8.18. The van der Waals surface area contributed by atoms with Crippen molar-refractivity contribution in [1.29, 1.82) is 0 Å². The summed E-state index contributed by atoms with van der Waals surface area (Å²) >= 11 is 0. The number of benzene rings is 1. The van der Waals surface area contributed by atoms with Crippen molar-refractivity contribution in [1.82, 2.24) is 29.5 Å². The van der Waals surface area contributed by atoms with Crippen molar-refractivity contribution in [3.63, 3.8) is 0 Å². The van der Waals surface area contributed by atoms with Crippen LogP contribution >= 0.6 is 0 Å². The number of anilines is 1. The smallest absolute Gasteiger partial charge is 0.161 e. The van der Waals surface area contributed by atoms with Crippen LogP contribution in [0.2, 0.25) is 0 Å². The van der Waals surface area contributed by atoms with E-state index >= 15 is 0 Å². The van der Waals surface area contributed by atoms with Crippen LogP contribution in [0.4, 0.5) is 5.82 Å². The Labute approximate surface area is 185 Å². The van der Waals surface area contributed by atoms with Gasteiger partial charge in [-0.3, -0.25) is 9.36 Å². The van der Waals surface area contributed by atoms with E-state index in [1.54, 1.807) is 21.8 Å². The minimum atomic E-state index is -0.843. The fourth-order valence-electron chi connectivity index (χ4n) is 4.10. The highest BCUT2D eigenvalue weighted by atomic mass is 16.3. The average molecular weight is 432 g/mol. The molecule has 3 atom stereocenters. The fraction of sp³-hybridized carbons (Fsp3) is 0.304. The van der Waals surface area contributed by atoms with Crippen LogP contribution < -0.4 is 5.32 Å². The molecular formula is C23H25N7O2. The average Bonchev–Trinajstić information content (AvgIpc) is 3.51. The highest BCUT2D eigenvalue weighted by molar-refractivity contribution is 5.76. The molecule has 1 aliphatic rings. The maximum absolute atomic E-state index is 10.4. The molecule has 5 rings (SSSR count). The van der Waals surface area contributed by atoms with Gasteiger partial charge in [-0.25, -0.2) is 9.97 Å². The lowest BCUT2D eigenvalue weighted by molar-refractivity contribution is 0.0391. The Kier molecular flexibility index (Phi) is 5.20. The van der Waals surface area contributed by atoms with Gasteiger partial charge in [0.05, 0.1) is 30.6 Å². The zero-order chi connectivity index (χ0) is 22.2. The molecule has 1 saturated carbocycles. The van der Waals surface area contributed by atoms with Gasteiger partial charge in [-0.2, -0.15) is 10.2 Å². The van der Waals surface area contributed by atoms with Gasteiger partial charge in [0, 0.05) is 54.9 Å². The van der Waals surface area contributed by atoms with Gasteiger partial charge in [0.2, 0.25) is 0 Å². The Balaban J connectivity index is 1.54. The van der Waals surface area contributed by atoms with Gasteiger partial charge in [0.25, 0.3) is 0 Å². The van der Waals surface area contributed by atoms with Crippen molar-refractivity contribution in [2.45, 2.75) is 31.1 Å². The Bertz CT molecular complexity index is 1250. The third-order valence-electron chi connectivity index (χ3n) is 5.87. The lowest BCUT2D eigenvalue weighted by Gasteiger charge is -2.20. The minimum absolute atomic E-state index is 0.287. The van der Waals surface area contributed by atoms with Crippen LogP contribution in [-0.2, 0) is 14.1 Å². The molecular weight excluding hydrogens is 406 g/mol. The number of nitrogens with zero attached hydrogens (tertiary/aromatic N) is 6. The van der Waals surface area contributed by atoms with Crippen molar-refractivity contribution in [2.24, 2.45) is 14.1 Å². The molecule has 1 fully saturated rings. The number of hydrogen-bond donors (Lipinski definition) is 3. The normalized spacial score (nSPS) is 20.6. The Morgan fingerprint density at radius 3 is 2.28 bits per heavy atom.